The van der Waals surface area contributed by atoms with Crippen molar-refractivity contribution in [2.75, 3.05) is 6.61 Å². The number of rotatable bonds is 3. The van der Waals surface area contributed by atoms with E-state index >= 15 is 0 Å². The molecule has 0 radical (unpaired) electrons. The Morgan fingerprint density at radius 1 is 1.45 bits per heavy atom. The summed E-state index contributed by atoms with van der Waals surface area (Å²) in [5.74, 6) is 0.529. The van der Waals surface area contributed by atoms with E-state index in [1.54, 1.807) is 17.4 Å². The van der Waals surface area contributed by atoms with Gasteiger partial charge in [-0.2, -0.15) is 0 Å². The van der Waals surface area contributed by atoms with Crippen molar-refractivity contribution in [2.24, 2.45) is 11.8 Å². The van der Waals surface area contributed by atoms with Gasteiger partial charge >= 0.3 is 0 Å². The van der Waals surface area contributed by atoms with Crippen molar-refractivity contribution in [3.8, 4) is 0 Å². The first-order chi connectivity index (χ1) is 9.67. The van der Waals surface area contributed by atoms with Crippen LogP contribution in [0.4, 0.5) is 4.39 Å². The van der Waals surface area contributed by atoms with E-state index in [9.17, 15) is 9.50 Å². The summed E-state index contributed by atoms with van der Waals surface area (Å²) in [5, 5.41) is 10.2. The lowest BCUT2D eigenvalue weighted by Gasteiger charge is -2.28. The average Bonchev–Trinajstić information content (AvgIpc) is 2.89. The Hall–Kier alpha value is -1.26. The van der Waals surface area contributed by atoms with Crippen LogP contribution in [0, 0.1) is 17.7 Å². The smallest absolute Gasteiger partial charge is 0.125 e. The predicted octanol–water partition coefficient (Wildman–Crippen LogP) is 4.25. The lowest BCUT2D eigenvalue weighted by molar-refractivity contribution is 0.176. The number of allylic oxidation sites excluding steroid dienone is 1. The topological polar surface area (TPSA) is 33.1 Å². The molecule has 2 atom stereocenters. The molecule has 106 valence electrons. The molecule has 1 heterocycles. The van der Waals surface area contributed by atoms with Gasteiger partial charge in [-0.25, -0.2) is 9.37 Å². The van der Waals surface area contributed by atoms with Crippen LogP contribution in [0.25, 0.3) is 15.8 Å². The van der Waals surface area contributed by atoms with E-state index < -0.39 is 0 Å². The maximum atomic E-state index is 13.2. The maximum absolute atomic E-state index is 13.2. The van der Waals surface area contributed by atoms with Gasteiger partial charge < -0.3 is 5.11 Å². The minimum Gasteiger partial charge on any atom is -0.396 e. The van der Waals surface area contributed by atoms with Gasteiger partial charge in [-0.1, -0.05) is 13.0 Å². The van der Waals surface area contributed by atoms with Crippen molar-refractivity contribution in [3.05, 3.63) is 35.6 Å². The molecule has 20 heavy (non-hydrogen) atoms. The van der Waals surface area contributed by atoms with Crippen molar-refractivity contribution < 1.29 is 9.50 Å². The van der Waals surface area contributed by atoms with Crippen LogP contribution in [-0.2, 0) is 0 Å². The van der Waals surface area contributed by atoms with E-state index in [1.165, 1.54) is 12.1 Å². The van der Waals surface area contributed by atoms with Gasteiger partial charge in [0.25, 0.3) is 0 Å². The van der Waals surface area contributed by atoms with Crippen molar-refractivity contribution >= 4 is 27.1 Å². The van der Waals surface area contributed by atoms with Crippen LogP contribution < -0.4 is 0 Å². The molecule has 4 heteroatoms. The summed E-state index contributed by atoms with van der Waals surface area (Å²) in [6.07, 6.45) is 4.33. The largest absolute Gasteiger partial charge is 0.396 e. The van der Waals surface area contributed by atoms with E-state index in [-0.39, 0.29) is 12.4 Å². The zero-order chi connectivity index (χ0) is 14.1. The monoisotopic (exact) mass is 291 g/mol. The molecule has 1 N–H and O–H groups in total. The molecule has 0 bridgehead atoms. The van der Waals surface area contributed by atoms with Gasteiger partial charge in [0, 0.05) is 12.7 Å². The third-order valence-corrected chi connectivity index (χ3v) is 5.27. The highest BCUT2D eigenvalue weighted by molar-refractivity contribution is 7.19. The first kappa shape index (κ1) is 13.7. The van der Waals surface area contributed by atoms with E-state index in [0.29, 0.717) is 17.4 Å². The number of halogens is 1. The number of nitrogens with zero attached hydrogens (tertiary/aromatic N) is 1. The van der Waals surface area contributed by atoms with Crippen LogP contribution in [0.1, 0.15) is 30.7 Å². The zero-order valence-electron chi connectivity index (χ0n) is 11.3. The molecule has 1 aromatic carbocycles. The Bertz CT molecular complexity index is 636. The summed E-state index contributed by atoms with van der Waals surface area (Å²) < 4.78 is 14.2. The first-order valence-electron chi connectivity index (χ1n) is 7.03. The number of hydrogen-bond acceptors (Lipinski definition) is 3. The molecule has 1 saturated carbocycles. The van der Waals surface area contributed by atoms with Gasteiger partial charge in [-0.15, -0.1) is 11.3 Å². The molecular weight excluding hydrogens is 273 g/mol. The van der Waals surface area contributed by atoms with E-state index in [2.05, 4.69) is 11.6 Å². The van der Waals surface area contributed by atoms with Crippen LogP contribution in [0.3, 0.4) is 0 Å². The fourth-order valence-electron chi connectivity index (χ4n) is 2.99. The second-order valence-electron chi connectivity index (χ2n) is 5.57. The number of hydrogen-bond donors (Lipinski definition) is 1. The molecule has 0 amide bonds. The van der Waals surface area contributed by atoms with E-state index in [4.69, 9.17) is 0 Å². The highest BCUT2D eigenvalue weighted by atomic mass is 32.1. The van der Waals surface area contributed by atoms with Crippen molar-refractivity contribution in [2.45, 2.75) is 25.7 Å². The first-order valence-corrected chi connectivity index (χ1v) is 7.85. The molecule has 0 spiro atoms. The van der Waals surface area contributed by atoms with Crippen molar-refractivity contribution in [1.29, 1.82) is 0 Å². The van der Waals surface area contributed by atoms with Gasteiger partial charge in [0.2, 0.25) is 0 Å². The molecule has 2 unspecified atom stereocenters. The number of aliphatic hydroxyl groups is 1. The van der Waals surface area contributed by atoms with Gasteiger partial charge in [-0.05, 0) is 48.8 Å². The fraction of sp³-hybridized carbons (Fsp3) is 0.438. The molecule has 1 aliphatic rings. The quantitative estimate of drug-likeness (QED) is 0.917. The van der Waals surface area contributed by atoms with Crippen LogP contribution >= 0.6 is 11.3 Å². The summed E-state index contributed by atoms with van der Waals surface area (Å²) in [6.45, 7) is 4.47. The SMILES string of the molecule is C=C(c1nc2cc(F)ccc2s1)C1CCCC(CO)C1. The maximum Gasteiger partial charge on any atom is 0.125 e. The standard InChI is InChI=1S/C16H18FNOS/c1-10(12-4-2-3-11(7-12)9-19)16-18-14-8-13(17)5-6-15(14)20-16/h5-6,8,11-12,19H,1-4,7,9H2. The van der Waals surface area contributed by atoms with E-state index in [1.807, 2.05) is 0 Å². The number of aromatic nitrogens is 1. The Balaban J connectivity index is 1.84. The molecule has 0 aliphatic heterocycles. The number of benzene rings is 1. The van der Waals surface area contributed by atoms with Gasteiger partial charge in [0.05, 0.1) is 10.2 Å². The molecule has 2 aromatic rings. The number of thiazole rings is 1. The lowest BCUT2D eigenvalue weighted by atomic mass is 9.78. The van der Waals surface area contributed by atoms with Crippen LogP contribution in [0.5, 0.6) is 0 Å². The summed E-state index contributed by atoms with van der Waals surface area (Å²) >= 11 is 1.58. The van der Waals surface area contributed by atoms with Gasteiger partial charge in [-0.3, -0.25) is 0 Å². The van der Waals surface area contributed by atoms with Gasteiger partial charge in [0.15, 0.2) is 0 Å². The summed E-state index contributed by atoms with van der Waals surface area (Å²) in [4.78, 5) is 4.52. The highest BCUT2D eigenvalue weighted by Crippen LogP contribution is 2.39. The second-order valence-corrected chi connectivity index (χ2v) is 6.60. The predicted molar refractivity (Wildman–Crippen MR) is 81.1 cm³/mol. The molecule has 3 rings (SSSR count). The third-order valence-electron chi connectivity index (χ3n) is 4.16. The third kappa shape index (κ3) is 2.63. The molecule has 1 fully saturated rings. The molecule has 0 saturated heterocycles. The normalized spacial score (nSPS) is 23.1. The molecule has 1 aromatic heterocycles. The summed E-state index contributed by atoms with van der Waals surface area (Å²) in [7, 11) is 0. The zero-order valence-corrected chi connectivity index (χ0v) is 12.1. The second kappa shape index (κ2) is 5.62. The highest BCUT2D eigenvalue weighted by Gasteiger charge is 2.25. The van der Waals surface area contributed by atoms with Crippen LogP contribution in [0.15, 0.2) is 24.8 Å². The van der Waals surface area contributed by atoms with E-state index in [0.717, 1.165) is 41.0 Å². The summed E-state index contributed by atoms with van der Waals surface area (Å²) in [5.41, 5.74) is 1.76. The minimum atomic E-state index is -0.252. The Kier molecular flexibility index (Phi) is 3.85. The van der Waals surface area contributed by atoms with Crippen molar-refractivity contribution in [3.63, 3.8) is 0 Å². The Labute approximate surface area is 122 Å². The van der Waals surface area contributed by atoms with Crippen LogP contribution in [0.2, 0.25) is 0 Å². The van der Waals surface area contributed by atoms with Gasteiger partial charge in [0.1, 0.15) is 10.8 Å². The van der Waals surface area contributed by atoms with Crippen molar-refractivity contribution in [1.82, 2.24) is 4.98 Å². The Morgan fingerprint density at radius 3 is 3.10 bits per heavy atom. The lowest BCUT2D eigenvalue weighted by Crippen LogP contribution is -2.19. The molecular formula is C16H18FNOS. The average molecular weight is 291 g/mol. The molecule has 2 nitrogen and oxygen atoms in total. The molecule has 1 aliphatic carbocycles. The fourth-order valence-corrected chi connectivity index (χ4v) is 3.98. The number of fused-ring (bicyclic) bond motifs is 1. The minimum absolute atomic E-state index is 0.252. The van der Waals surface area contributed by atoms with Crippen LogP contribution in [-0.4, -0.2) is 16.7 Å². The Morgan fingerprint density at radius 2 is 2.30 bits per heavy atom. The number of aliphatic hydroxyl groups excluding tert-OH is 1. The summed E-state index contributed by atoms with van der Waals surface area (Å²) in [6, 6.07) is 4.71.